The first-order valence-electron chi connectivity index (χ1n) is 6.24. The maximum absolute atomic E-state index is 12.3. The number of nitro benzene ring substituents is 1. The molecule has 0 spiro atoms. The van der Waals surface area contributed by atoms with Crippen LogP contribution < -0.4 is 0 Å². The Labute approximate surface area is 117 Å². The van der Waals surface area contributed by atoms with Crippen LogP contribution in [0.4, 0.5) is 5.69 Å². The zero-order valence-corrected chi connectivity index (χ0v) is 11.8. The Morgan fingerprint density at radius 3 is 2.58 bits per heavy atom. The van der Waals surface area contributed by atoms with E-state index in [0.29, 0.717) is 18.7 Å². The molecular formula is C13H17ClN2O3. The summed E-state index contributed by atoms with van der Waals surface area (Å²) in [5.74, 6) is -0.184. The van der Waals surface area contributed by atoms with Crippen LogP contribution in [0, 0.1) is 10.1 Å². The molecule has 1 aromatic carbocycles. The van der Waals surface area contributed by atoms with Gasteiger partial charge in [-0.1, -0.05) is 24.9 Å². The number of carbonyl (C=O) groups excluding carboxylic acids is 1. The largest absolute Gasteiger partial charge is 0.339 e. The number of hydrogen-bond acceptors (Lipinski definition) is 3. The summed E-state index contributed by atoms with van der Waals surface area (Å²) in [4.78, 5) is 24.0. The number of halogens is 1. The number of rotatable bonds is 6. The summed E-state index contributed by atoms with van der Waals surface area (Å²) in [6, 6.07) is 3.92. The first kappa shape index (κ1) is 15.4. The van der Waals surface area contributed by atoms with Gasteiger partial charge in [-0.05, 0) is 19.4 Å². The van der Waals surface area contributed by atoms with E-state index in [4.69, 9.17) is 11.6 Å². The predicted octanol–water partition coefficient (Wildman–Crippen LogP) is 3.51. The van der Waals surface area contributed by atoms with Gasteiger partial charge in [-0.2, -0.15) is 0 Å². The topological polar surface area (TPSA) is 63.5 Å². The van der Waals surface area contributed by atoms with Gasteiger partial charge in [0.15, 0.2) is 0 Å². The Morgan fingerprint density at radius 1 is 1.42 bits per heavy atom. The van der Waals surface area contributed by atoms with Crippen molar-refractivity contribution in [1.82, 2.24) is 4.90 Å². The Hall–Kier alpha value is -1.62. The molecular weight excluding hydrogens is 268 g/mol. The van der Waals surface area contributed by atoms with E-state index in [-0.39, 0.29) is 16.6 Å². The van der Waals surface area contributed by atoms with Crippen molar-refractivity contribution >= 4 is 23.2 Å². The van der Waals surface area contributed by atoms with E-state index in [1.807, 2.05) is 6.92 Å². The number of unbranched alkanes of at least 4 members (excludes halogenated alkanes) is 1. The van der Waals surface area contributed by atoms with Crippen LogP contribution in [0.5, 0.6) is 0 Å². The lowest BCUT2D eigenvalue weighted by atomic mass is 10.1. The molecule has 0 heterocycles. The Kier molecular flexibility index (Phi) is 5.76. The SMILES string of the molecule is CCCCN(CC)C(=O)c1ccc([N+](=O)[O-])cc1Cl. The number of carbonyl (C=O) groups is 1. The summed E-state index contributed by atoms with van der Waals surface area (Å²) in [6.07, 6.45) is 1.92. The minimum absolute atomic E-state index is 0.113. The van der Waals surface area contributed by atoms with Crippen LogP contribution in [0.2, 0.25) is 5.02 Å². The normalized spacial score (nSPS) is 10.3. The van der Waals surface area contributed by atoms with E-state index in [2.05, 4.69) is 6.92 Å². The summed E-state index contributed by atoms with van der Waals surface area (Å²) in [6.45, 7) is 5.20. The lowest BCUT2D eigenvalue weighted by Gasteiger charge is -2.21. The van der Waals surface area contributed by atoms with Gasteiger partial charge in [0.25, 0.3) is 11.6 Å². The van der Waals surface area contributed by atoms with Crippen LogP contribution in [0.1, 0.15) is 37.0 Å². The van der Waals surface area contributed by atoms with Crippen molar-refractivity contribution in [2.24, 2.45) is 0 Å². The van der Waals surface area contributed by atoms with E-state index >= 15 is 0 Å². The summed E-state index contributed by atoms with van der Waals surface area (Å²) < 4.78 is 0. The molecule has 0 unspecified atom stereocenters. The third-order valence-electron chi connectivity index (χ3n) is 2.84. The molecule has 0 aliphatic rings. The van der Waals surface area contributed by atoms with Crippen molar-refractivity contribution in [3.63, 3.8) is 0 Å². The molecule has 0 N–H and O–H groups in total. The molecule has 1 aromatic rings. The van der Waals surface area contributed by atoms with Crippen LogP contribution in [-0.4, -0.2) is 28.8 Å². The highest BCUT2D eigenvalue weighted by Gasteiger charge is 2.19. The fraction of sp³-hybridized carbons (Fsp3) is 0.462. The Bertz CT molecular complexity index is 477. The number of nitrogens with zero attached hydrogens (tertiary/aromatic N) is 2. The zero-order chi connectivity index (χ0) is 14.4. The number of hydrogen-bond donors (Lipinski definition) is 0. The Balaban J connectivity index is 2.95. The Morgan fingerprint density at radius 2 is 2.11 bits per heavy atom. The molecule has 0 fully saturated rings. The maximum atomic E-state index is 12.3. The first-order chi connectivity index (χ1) is 9.01. The van der Waals surface area contributed by atoms with Crippen molar-refractivity contribution in [3.05, 3.63) is 38.9 Å². The second-order valence-electron chi connectivity index (χ2n) is 4.16. The van der Waals surface area contributed by atoms with E-state index in [9.17, 15) is 14.9 Å². The molecule has 0 saturated carbocycles. The van der Waals surface area contributed by atoms with E-state index in [1.165, 1.54) is 18.2 Å². The molecule has 6 heteroatoms. The monoisotopic (exact) mass is 284 g/mol. The number of amides is 1. The van der Waals surface area contributed by atoms with Gasteiger partial charge < -0.3 is 4.90 Å². The number of benzene rings is 1. The van der Waals surface area contributed by atoms with Gasteiger partial charge in [0, 0.05) is 25.2 Å². The highest BCUT2D eigenvalue weighted by molar-refractivity contribution is 6.34. The zero-order valence-electron chi connectivity index (χ0n) is 11.1. The van der Waals surface area contributed by atoms with Crippen molar-refractivity contribution in [3.8, 4) is 0 Å². The fourth-order valence-electron chi connectivity index (χ4n) is 1.71. The molecule has 1 amide bonds. The second kappa shape index (κ2) is 7.09. The first-order valence-corrected chi connectivity index (χ1v) is 6.62. The van der Waals surface area contributed by atoms with Gasteiger partial charge in [0.2, 0.25) is 0 Å². The van der Waals surface area contributed by atoms with Gasteiger partial charge >= 0.3 is 0 Å². The van der Waals surface area contributed by atoms with Gasteiger partial charge in [-0.25, -0.2) is 0 Å². The molecule has 0 radical (unpaired) electrons. The summed E-state index contributed by atoms with van der Waals surface area (Å²) >= 11 is 5.95. The van der Waals surface area contributed by atoms with Crippen molar-refractivity contribution < 1.29 is 9.72 Å². The van der Waals surface area contributed by atoms with Crippen LogP contribution >= 0.6 is 11.6 Å². The van der Waals surface area contributed by atoms with Gasteiger partial charge in [0.1, 0.15) is 0 Å². The minimum atomic E-state index is -0.533. The molecule has 5 nitrogen and oxygen atoms in total. The molecule has 19 heavy (non-hydrogen) atoms. The molecule has 104 valence electrons. The number of non-ortho nitro benzene ring substituents is 1. The molecule has 0 aliphatic carbocycles. The standard InChI is InChI=1S/C13H17ClN2O3/c1-3-5-8-15(4-2)13(17)11-7-6-10(16(18)19)9-12(11)14/h6-7,9H,3-5,8H2,1-2H3. The molecule has 0 bridgehead atoms. The van der Waals surface area contributed by atoms with Crippen LogP contribution in [0.25, 0.3) is 0 Å². The van der Waals surface area contributed by atoms with Crippen molar-refractivity contribution in [2.75, 3.05) is 13.1 Å². The van der Waals surface area contributed by atoms with Gasteiger partial charge in [0.05, 0.1) is 15.5 Å². The van der Waals surface area contributed by atoms with Crippen LogP contribution in [0.15, 0.2) is 18.2 Å². The number of nitro groups is 1. The van der Waals surface area contributed by atoms with Crippen molar-refractivity contribution in [2.45, 2.75) is 26.7 Å². The minimum Gasteiger partial charge on any atom is -0.339 e. The summed E-state index contributed by atoms with van der Waals surface area (Å²) in [5, 5.41) is 10.7. The van der Waals surface area contributed by atoms with E-state index < -0.39 is 4.92 Å². The highest BCUT2D eigenvalue weighted by atomic mass is 35.5. The van der Waals surface area contributed by atoms with E-state index in [1.54, 1.807) is 4.90 Å². The molecule has 0 aliphatic heterocycles. The molecule has 0 aromatic heterocycles. The predicted molar refractivity (Wildman–Crippen MR) is 74.6 cm³/mol. The lowest BCUT2D eigenvalue weighted by Crippen LogP contribution is -2.31. The summed E-state index contributed by atoms with van der Waals surface area (Å²) in [5.41, 5.74) is 0.198. The third kappa shape index (κ3) is 3.92. The smallest absolute Gasteiger partial charge is 0.270 e. The second-order valence-corrected chi connectivity index (χ2v) is 4.57. The van der Waals surface area contributed by atoms with Crippen molar-refractivity contribution in [1.29, 1.82) is 0 Å². The van der Waals surface area contributed by atoms with Crippen LogP contribution in [-0.2, 0) is 0 Å². The van der Waals surface area contributed by atoms with E-state index in [0.717, 1.165) is 12.8 Å². The lowest BCUT2D eigenvalue weighted by molar-refractivity contribution is -0.384. The fourth-order valence-corrected chi connectivity index (χ4v) is 1.97. The average Bonchev–Trinajstić information content (AvgIpc) is 2.39. The summed E-state index contributed by atoms with van der Waals surface area (Å²) in [7, 11) is 0. The molecule has 0 atom stereocenters. The van der Waals surface area contributed by atoms with Crippen LogP contribution in [0.3, 0.4) is 0 Å². The maximum Gasteiger partial charge on any atom is 0.270 e. The van der Waals surface area contributed by atoms with Gasteiger partial charge in [-0.3, -0.25) is 14.9 Å². The molecule has 0 saturated heterocycles. The molecule has 1 rings (SSSR count). The van der Waals surface area contributed by atoms with Gasteiger partial charge in [-0.15, -0.1) is 0 Å². The highest BCUT2D eigenvalue weighted by Crippen LogP contribution is 2.23. The third-order valence-corrected chi connectivity index (χ3v) is 3.16. The average molecular weight is 285 g/mol. The quantitative estimate of drug-likeness (QED) is 0.593.